The number of benzene rings is 1. The van der Waals surface area contributed by atoms with Gasteiger partial charge in [0.1, 0.15) is 12.4 Å². The summed E-state index contributed by atoms with van der Waals surface area (Å²) in [4.78, 5) is 4.28. The molecule has 3 nitrogen and oxygen atoms in total. The van der Waals surface area contributed by atoms with Crippen LogP contribution in [0.2, 0.25) is 0 Å². The van der Waals surface area contributed by atoms with E-state index in [4.69, 9.17) is 21.1 Å². The van der Waals surface area contributed by atoms with E-state index in [1.54, 1.807) is 24.3 Å². The fourth-order valence-electron chi connectivity index (χ4n) is 1.81. The molecule has 0 aliphatic heterocycles. The molecule has 0 radical (unpaired) electrons. The van der Waals surface area contributed by atoms with Crippen LogP contribution in [-0.4, -0.2) is 12.1 Å². The number of aromatic nitrogens is 1. The Kier molecular flexibility index (Phi) is 4.79. The van der Waals surface area contributed by atoms with Gasteiger partial charge in [0.05, 0.1) is 18.7 Å². The van der Waals surface area contributed by atoms with Crippen molar-refractivity contribution in [3.05, 3.63) is 53.1 Å². The van der Waals surface area contributed by atoms with E-state index in [2.05, 4.69) is 4.98 Å². The smallest absolute Gasteiger partial charge is 0.171 e. The zero-order valence-corrected chi connectivity index (χ0v) is 12.1. The van der Waals surface area contributed by atoms with E-state index in [1.807, 2.05) is 13.0 Å². The maximum atomic E-state index is 14.0. The lowest BCUT2D eigenvalue weighted by atomic mass is 10.2. The van der Waals surface area contributed by atoms with Gasteiger partial charge >= 0.3 is 0 Å². The van der Waals surface area contributed by atoms with Crippen LogP contribution in [0.25, 0.3) is 0 Å². The number of methoxy groups -OCH3 is 1. The van der Waals surface area contributed by atoms with Crippen LogP contribution in [0.3, 0.4) is 0 Å². The van der Waals surface area contributed by atoms with Crippen molar-refractivity contribution in [1.29, 1.82) is 0 Å². The van der Waals surface area contributed by atoms with E-state index in [9.17, 15) is 4.39 Å². The minimum Gasteiger partial charge on any atom is -0.494 e. The maximum Gasteiger partial charge on any atom is 0.171 e. The first kappa shape index (κ1) is 14.6. The van der Waals surface area contributed by atoms with E-state index < -0.39 is 5.82 Å². The van der Waals surface area contributed by atoms with Gasteiger partial charge in [-0.15, -0.1) is 11.6 Å². The van der Waals surface area contributed by atoms with Gasteiger partial charge in [0.15, 0.2) is 11.6 Å². The molecule has 0 atom stereocenters. The summed E-state index contributed by atoms with van der Waals surface area (Å²) in [5, 5.41) is 0. The number of rotatable bonds is 5. The van der Waals surface area contributed by atoms with Gasteiger partial charge in [0.25, 0.3) is 0 Å². The predicted molar refractivity (Wildman–Crippen MR) is 75.8 cm³/mol. The maximum absolute atomic E-state index is 14.0. The lowest BCUT2D eigenvalue weighted by Gasteiger charge is -2.11. The molecule has 5 heteroatoms. The second-order valence-corrected chi connectivity index (χ2v) is 4.52. The third kappa shape index (κ3) is 3.20. The van der Waals surface area contributed by atoms with Gasteiger partial charge < -0.3 is 9.47 Å². The molecule has 0 saturated carbocycles. The number of aryl methyl sites for hydroxylation is 1. The molecule has 0 unspecified atom stereocenters. The number of hydrogen-bond acceptors (Lipinski definition) is 3. The fourth-order valence-corrected chi connectivity index (χ4v) is 2.00. The van der Waals surface area contributed by atoms with Crippen molar-refractivity contribution in [3.63, 3.8) is 0 Å². The topological polar surface area (TPSA) is 31.4 Å². The average molecular weight is 296 g/mol. The van der Waals surface area contributed by atoms with E-state index >= 15 is 0 Å². The second kappa shape index (κ2) is 6.57. The monoisotopic (exact) mass is 295 g/mol. The minimum absolute atomic E-state index is 0.0949. The summed E-state index contributed by atoms with van der Waals surface area (Å²) in [5.74, 6) is 0.596. The Labute approximate surface area is 122 Å². The van der Waals surface area contributed by atoms with Crippen LogP contribution in [0.1, 0.15) is 17.0 Å². The lowest BCUT2D eigenvalue weighted by Crippen LogP contribution is -2.03. The van der Waals surface area contributed by atoms with Gasteiger partial charge in [0, 0.05) is 11.3 Å². The summed E-state index contributed by atoms with van der Waals surface area (Å²) in [5.41, 5.74) is 1.93. The van der Waals surface area contributed by atoms with Gasteiger partial charge in [-0.25, -0.2) is 4.39 Å². The van der Waals surface area contributed by atoms with Crippen LogP contribution in [0, 0.1) is 12.7 Å². The Morgan fingerprint density at radius 3 is 2.70 bits per heavy atom. The van der Waals surface area contributed by atoms with Crippen molar-refractivity contribution in [2.75, 3.05) is 7.11 Å². The number of ether oxygens (including phenoxy) is 2. The molecule has 1 aromatic carbocycles. The zero-order chi connectivity index (χ0) is 14.5. The molecular weight excluding hydrogens is 281 g/mol. The summed E-state index contributed by atoms with van der Waals surface area (Å²) in [6, 6.07) is 8.55. The van der Waals surface area contributed by atoms with E-state index in [1.165, 1.54) is 7.11 Å². The van der Waals surface area contributed by atoms with Gasteiger partial charge in [-0.2, -0.15) is 0 Å². The molecule has 0 bridgehead atoms. The van der Waals surface area contributed by atoms with E-state index in [0.717, 1.165) is 5.69 Å². The Bertz CT molecular complexity index is 604. The largest absolute Gasteiger partial charge is 0.494 e. The number of pyridine rings is 1. The van der Waals surface area contributed by atoms with E-state index in [-0.39, 0.29) is 18.2 Å². The van der Waals surface area contributed by atoms with Crippen molar-refractivity contribution in [1.82, 2.24) is 4.98 Å². The SMILES string of the molecule is COc1cccc(COc2ccc(C)nc2CCl)c1F. The third-order valence-electron chi connectivity index (χ3n) is 2.84. The van der Waals surface area contributed by atoms with Crippen molar-refractivity contribution < 1.29 is 13.9 Å². The first-order chi connectivity index (χ1) is 9.65. The van der Waals surface area contributed by atoms with Crippen LogP contribution in [0.5, 0.6) is 11.5 Å². The summed E-state index contributed by atoms with van der Waals surface area (Å²) in [7, 11) is 1.43. The van der Waals surface area contributed by atoms with Crippen molar-refractivity contribution >= 4 is 11.6 Å². The third-order valence-corrected chi connectivity index (χ3v) is 3.10. The molecule has 0 saturated heterocycles. The lowest BCUT2D eigenvalue weighted by molar-refractivity contribution is 0.292. The Morgan fingerprint density at radius 2 is 2.00 bits per heavy atom. The zero-order valence-electron chi connectivity index (χ0n) is 11.3. The van der Waals surface area contributed by atoms with Crippen molar-refractivity contribution in [3.8, 4) is 11.5 Å². The van der Waals surface area contributed by atoms with Crippen molar-refractivity contribution in [2.45, 2.75) is 19.4 Å². The molecule has 2 rings (SSSR count). The molecule has 1 heterocycles. The van der Waals surface area contributed by atoms with Gasteiger partial charge in [-0.3, -0.25) is 4.98 Å². The molecule has 0 aliphatic rings. The summed E-state index contributed by atoms with van der Waals surface area (Å²) < 4.78 is 24.5. The highest BCUT2D eigenvalue weighted by Gasteiger charge is 2.10. The molecule has 0 aliphatic carbocycles. The first-order valence-electron chi connectivity index (χ1n) is 6.12. The molecule has 0 fully saturated rings. The molecule has 0 spiro atoms. The first-order valence-corrected chi connectivity index (χ1v) is 6.65. The minimum atomic E-state index is -0.414. The van der Waals surface area contributed by atoms with Crippen LogP contribution >= 0.6 is 11.6 Å². The normalized spacial score (nSPS) is 10.4. The molecule has 0 N–H and O–H groups in total. The summed E-state index contributed by atoms with van der Waals surface area (Å²) in [6.07, 6.45) is 0. The van der Waals surface area contributed by atoms with E-state index in [0.29, 0.717) is 17.0 Å². The van der Waals surface area contributed by atoms with Gasteiger partial charge in [-0.1, -0.05) is 12.1 Å². The quantitative estimate of drug-likeness (QED) is 0.785. The van der Waals surface area contributed by atoms with Crippen LogP contribution < -0.4 is 9.47 Å². The molecular formula is C15H15ClFNO2. The molecule has 20 heavy (non-hydrogen) atoms. The van der Waals surface area contributed by atoms with Gasteiger partial charge in [0.2, 0.25) is 0 Å². The Balaban J connectivity index is 2.17. The van der Waals surface area contributed by atoms with Crippen molar-refractivity contribution in [2.24, 2.45) is 0 Å². The number of alkyl halides is 1. The molecule has 2 aromatic rings. The van der Waals surface area contributed by atoms with Gasteiger partial charge in [-0.05, 0) is 25.1 Å². The Morgan fingerprint density at radius 1 is 1.20 bits per heavy atom. The highest BCUT2D eigenvalue weighted by molar-refractivity contribution is 6.17. The highest BCUT2D eigenvalue weighted by atomic mass is 35.5. The Hall–Kier alpha value is -1.81. The summed E-state index contributed by atoms with van der Waals surface area (Å²) in [6.45, 7) is 1.97. The fraction of sp³-hybridized carbons (Fsp3) is 0.267. The number of nitrogens with zero attached hydrogens (tertiary/aromatic N) is 1. The molecule has 1 aromatic heterocycles. The average Bonchev–Trinajstić information content (AvgIpc) is 2.47. The number of halogens is 2. The number of hydrogen-bond donors (Lipinski definition) is 0. The predicted octanol–water partition coefficient (Wildman–Crippen LogP) is 3.86. The van der Waals surface area contributed by atoms with Crippen LogP contribution in [0.15, 0.2) is 30.3 Å². The van der Waals surface area contributed by atoms with Crippen LogP contribution in [-0.2, 0) is 12.5 Å². The second-order valence-electron chi connectivity index (χ2n) is 4.25. The molecule has 106 valence electrons. The van der Waals surface area contributed by atoms with Crippen LogP contribution in [0.4, 0.5) is 4.39 Å². The molecule has 0 amide bonds. The highest BCUT2D eigenvalue weighted by Crippen LogP contribution is 2.23. The summed E-state index contributed by atoms with van der Waals surface area (Å²) >= 11 is 5.83. The standard InChI is InChI=1S/C15H15ClFNO2/c1-10-6-7-13(12(8-16)18-10)20-9-11-4-3-5-14(19-2)15(11)17/h3-7H,8-9H2,1-2H3.